The Morgan fingerprint density at radius 1 is 1.25 bits per heavy atom. The lowest BCUT2D eigenvalue weighted by Gasteiger charge is -2.06. The van der Waals surface area contributed by atoms with E-state index in [9.17, 15) is 18.0 Å². The van der Waals surface area contributed by atoms with Crippen molar-refractivity contribution in [1.29, 1.82) is 0 Å². The van der Waals surface area contributed by atoms with Crippen molar-refractivity contribution in [3.8, 4) is 5.82 Å². The number of amides is 1. The molecule has 0 saturated carbocycles. The van der Waals surface area contributed by atoms with Crippen LogP contribution >= 0.6 is 0 Å². The fraction of sp³-hybridized carbons (Fsp3) is 0.429. The Balaban J connectivity index is 1.96. The number of rotatable bonds is 7. The zero-order chi connectivity index (χ0) is 17.6. The van der Waals surface area contributed by atoms with Crippen molar-refractivity contribution in [3.05, 3.63) is 35.8 Å². The standard InChI is InChI=1S/C14H17F3N6O/c1-2-5-18-6-7-19-13(24)11-9-23(22-21-11)12-4-3-10(8-20-12)14(15,16)17/h3-4,8-9,18H,2,5-7H2,1H3,(H,19,24). The molecule has 2 aromatic heterocycles. The summed E-state index contributed by atoms with van der Waals surface area (Å²) >= 11 is 0. The van der Waals surface area contributed by atoms with Gasteiger partial charge in [-0.3, -0.25) is 4.79 Å². The Morgan fingerprint density at radius 2 is 2.04 bits per heavy atom. The first-order valence-corrected chi connectivity index (χ1v) is 7.36. The van der Waals surface area contributed by atoms with E-state index in [2.05, 4.69) is 25.9 Å². The van der Waals surface area contributed by atoms with Crippen LogP contribution < -0.4 is 10.6 Å². The third-order valence-corrected chi connectivity index (χ3v) is 3.05. The molecule has 24 heavy (non-hydrogen) atoms. The van der Waals surface area contributed by atoms with Gasteiger partial charge in [0.25, 0.3) is 5.91 Å². The molecule has 7 nitrogen and oxygen atoms in total. The van der Waals surface area contributed by atoms with E-state index in [4.69, 9.17) is 0 Å². The van der Waals surface area contributed by atoms with Crippen LogP contribution in [0.1, 0.15) is 29.4 Å². The normalized spacial score (nSPS) is 11.5. The molecule has 0 aromatic carbocycles. The molecule has 0 saturated heterocycles. The Hall–Kier alpha value is -2.49. The van der Waals surface area contributed by atoms with Gasteiger partial charge in [0.1, 0.15) is 0 Å². The van der Waals surface area contributed by atoms with Crippen molar-refractivity contribution in [3.63, 3.8) is 0 Å². The van der Waals surface area contributed by atoms with Crippen molar-refractivity contribution < 1.29 is 18.0 Å². The molecular formula is C14H17F3N6O. The minimum atomic E-state index is -4.45. The highest BCUT2D eigenvalue weighted by molar-refractivity contribution is 5.91. The van der Waals surface area contributed by atoms with Crippen LogP contribution in [0.5, 0.6) is 0 Å². The van der Waals surface area contributed by atoms with Gasteiger partial charge in [0.15, 0.2) is 11.5 Å². The first kappa shape index (κ1) is 17.9. The second-order valence-corrected chi connectivity index (χ2v) is 4.96. The lowest BCUT2D eigenvalue weighted by atomic mass is 10.3. The maximum Gasteiger partial charge on any atom is 0.417 e. The lowest BCUT2D eigenvalue weighted by Crippen LogP contribution is -2.32. The van der Waals surface area contributed by atoms with Crippen LogP contribution in [0, 0.1) is 0 Å². The molecule has 2 rings (SSSR count). The van der Waals surface area contributed by atoms with Crippen molar-refractivity contribution in [2.75, 3.05) is 19.6 Å². The number of halogens is 3. The quantitative estimate of drug-likeness (QED) is 0.743. The Bertz CT molecular complexity index is 668. The van der Waals surface area contributed by atoms with E-state index >= 15 is 0 Å². The molecule has 0 bridgehead atoms. The van der Waals surface area contributed by atoms with E-state index in [0.29, 0.717) is 19.3 Å². The molecule has 0 fully saturated rings. The number of alkyl halides is 3. The molecule has 2 N–H and O–H groups in total. The van der Waals surface area contributed by atoms with Gasteiger partial charge in [0, 0.05) is 19.3 Å². The summed E-state index contributed by atoms with van der Waals surface area (Å²) in [5.41, 5.74) is -0.795. The molecule has 0 aliphatic heterocycles. The molecule has 130 valence electrons. The summed E-state index contributed by atoms with van der Waals surface area (Å²) in [6.07, 6.45) is -1.44. The number of carbonyl (C=O) groups is 1. The van der Waals surface area contributed by atoms with Crippen molar-refractivity contribution in [1.82, 2.24) is 30.6 Å². The van der Waals surface area contributed by atoms with E-state index < -0.39 is 17.6 Å². The zero-order valence-corrected chi connectivity index (χ0v) is 13.0. The number of pyridine rings is 1. The fourth-order valence-corrected chi connectivity index (χ4v) is 1.83. The number of hydrogen-bond acceptors (Lipinski definition) is 5. The Labute approximate surface area is 136 Å². The average Bonchev–Trinajstić information content (AvgIpc) is 3.04. The number of hydrogen-bond donors (Lipinski definition) is 2. The van der Waals surface area contributed by atoms with E-state index in [1.807, 2.05) is 6.92 Å². The number of carbonyl (C=O) groups excluding carboxylic acids is 1. The van der Waals surface area contributed by atoms with Crippen LogP contribution in [0.4, 0.5) is 13.2 Å². The summed E-state index contributed by atoms with van der Waals surface area (Å²) in [5.74, 6) is -0.273. The van der Waals surface area contributed by atoms with Crippen LogP contribution in [-0.4, -0.2) is 45.5 Å². The third kappa shape index (κ3) is 4.75. The van der Waals surface area contributed by atoms with Crippen LogP contribution in [0.3, 0.4) is 0 Å². The van der Waals surface area contributed by atoms with Crippen LogP contribution in [0.2, 0.25) is 0 Å². The maximum absolute atomic E-state index is 12.5. The second kappa shape index (κ2) is 7.86. The number of aromatic nitrogens is 4. The number of nitrogens with zero attached hydrogens (tertiary/aromatic N) is 4. The summed E-state index contributed by atoms with van der Waals surface area (Å²) in [7, 11) is 0. The predicted molar refractivity (Wildman–Crippen MR) is 79.6 cm³/mol. The smallest absolute Gasteiger partial charge is 0.349 e. The summed E-state index contributed by atoms with van der Waals surface area (Å²) in [4.78, 5) is 15.6. The third-order valence-electron chi connectivity index (χ3n) is 3.05. The lowest BCUT2D eigenvalue weighted by molar-refractivity contribution is -0.137. The van der Waals surface area contributed by atoms with E-state index in [1.54, 1.807) is 0 Å². The summed E-state index contributed by atoms with van der Waals surface area (Å²) in [5, 5.41) is 13.2. The van der Waals surface area contributed by atoms with Crippen molar-refractivity contribution >= 4 is 5.91 Å². The average molecular weight is 342 g/mol. The van der Waals surface area contributed by atoms with Crippen LogP contribution in [0.25, 0.3) is 5.82 Å². The first-order chi connectivity index (χ1) is 11.4. The van der Waals surface area contributed by atoms with E-state index in [-0.39, 0.29) is 11.5 Å². The molecular weight excluding hydrogens is 325 g/mol. The monoisotopic (exact) mass is 342 g/mol. The summed E-state index contributed by atoms with van der Waals surface area (Å²) in [6.45, 7) is 3.98. The van der Waals surface area contributed by atoms with Crippen molar-refractivity contribution in [2.45, 2.75) is 19.5 Å². The van der Waals surface area contributed by atoms with Gasteiger partial charge in [-0.1, -0.05) is 12.1 Å². The van der Waals surface area contributed by atoms with Crippen LogP contribution in [-0.2, 0) is 6.18 Å². The van der Waals surface area contributed by atoms with Gasteiger partial charge < -0.3 is 10.6 Å². The van der Waals surface area contributed by atoms with Gasteiger partial charge >= 0.3 is 6.18 Å². The molecule has 10 heteroatoms. The summed E-state index contributed by atoms with van der Waals surface area (Å²) < 4.78 is 38.6. The topological polar surface area (TPSA) is 84.7 Å². The molecule has 2 heterocycles. The van der Waals surface area contributed by atoms with Crippen LogP contribution in [0.15, 0.2) is 24.5 Å². The van der Waals surface area contributed by atoms with Crippen molar-refractivity contribution in [2.24, 2.45) is 0 Å². The summed E-state index contributed by atoms with van der Waals surface area (Å²) in [6, 6.07) is 2.05. The van der Waals surface area contributed by atoms with Gasteiger partial charge in [0.2, 0.25) is 0 Å². The second-order valence-electron chi connectivity index (χ2n) is 4.96. The molecule has 0 aliphatic rings. The van der Waals surface area contributed by atoms with E-state index in [1.165, 1.54) is 6.20 Å². The molecule has 0 spiro atoms. The minimum absolute atomic E-state index is 0.0622. The minimum Gasteiger partial charge on any atom is -0.349 e. The van der Waals surface area contributed by atoms with Gasteiger partial charge in [0.05, 0.1) is 11.8 Å². The highest BCUT2D eigenvalue weighted by atomic mass is 19.4. The SMILES string of the molecule is CCCNCCNC(=O)c1cn(-c2ccc(C(F)(F)F)cn2)nn1. The van der Waals surface area contributed by atoms with Gasteiger partial charge in [-0.25, -0.2) is 9.67 Å². The van der Waals surface area contributed by atoms with Gasteiger partial charge in [-0.15, -0.1) is 5.10 Å². The van der Waals surface area contributed by atoms with Gasteiger partial charge in [-0.05, 0) is 25.1 Å². The highest BCUT2D eigenvalue weighted by Crippen LogP contribution is 2.28. The Morgan fingerprint density at radius 3 is 2.67 bits per heavy atom. The van der Waals surface area contributed by atoms with Gasteiger partial charge in [-0.2, -0.15) is 13.2 Å². The highest BCUT2D eigenvalue weighted by Gasteiger charge is 2.30. The predicted octanol–water partition coefficient (Wildman–Crippen LogP) is 1.41. The molecule has 1 amide bonds. The van der Waals surface area contributed by atoms with E-state index in [0.717, 1.165) is 29.8 Å². The number of nitrogens with one attached hydrogen (secondary N) is 2. The molecule has 2 aromatic rings. The fourth-order valence-electron chi connectivity index (χ4n) is 1.83. The largest absolute Gasteiger partial charge is 0.417 e. The molecule has 0 aliphatic carbocycles. The molecule has 0 atom stereocenters. The molecule has 0 unspecified atom stereocenters. The maximum atomic E-state index is 12.5. The zero-order valence-electron chi connectivity index (χ0n) is 13.0. The first-order valence-electron chi connectivity index (χ1n) is 7.36. The Kier molecular flexibility index (Phi) is 5.85. The molecule has 0 radical (unpaired) electrons.